The monoisotopic (exact) mass is 494 g/mol. The number of halogens is 2. The Hall–Kier alpha value is -3.10. The van der Waals surface area contributed by atoms with E-state index in [1.165, 1.54) is 12.1 Å². The lowest BCUT2D eigenvalue weighted by Gasteiger charge is -2.09. The van der Waals surface area contributed by atoms with Crippen molar-refractivity contribution < 1.29 is 28.7 Å². The zero-order chi connectivity index (χ0) is 24.2. The fourth-order valence-corrected chi connectivity index (χ4v) is 3.04. The first-order chi connectivity index (χ1) is 15.8. The normalized spacial score (nSPS) is 10.3. The van der Waals surface area contributed by atoms with Gasteiger partial charge in [0.1, 0.15) is 0 Å². The lowest BCUT2D eigenvalue weighted by Crippen LogP contribution is -2.21. The lowest BCUT2D eigenvalue weighted by atomic mass is 10.2. The van der Waals surface area contributed by atoms with Crippen molar-refractivity contribution in [2.24, 2.45) is 0 Å². The predicted octanol–water partition coefficient (Wildman–Crippen LogP) is 4.85. The highest BCUT2D eigenvalue weighted by molar-refractivity contribution is 6.36. The van der Waals surface area contributed by atoms with Crippen molar-refractivity contribution in [3.8, 4) is 0 Å². The molecule has 0 fully saturated rings. The van der Waals surface area contributed by atoms with E-state index in [-0.39, 0.29) is 30.2 Å². The molecule has 0 radical (unpaired) electrons. The summed E-state index contributed by atoms with van der Waals surface area (Å²) >= 11 is 11.8. The van der Waals surface area contributed by atoms with Crippen LogP contribution in [0.25, 0.3) is 0 Å². The summed E-state index contributed by atoms with van der Waals surface area (Å²) in [5.41, 5.74) is 1.27. The van der Waals surface area contributed by atoms with Crippen molar-refractivity contribution in [2.45, 2.75) is 32.6 Å². The Labute approximate surface area is 201 Å². The van der Waals surface area contributed by atoms with Gasteiger partial charge >= 0.3 is 11.9 Å². The molecule has 0 bridgehead atoms. The number of ether oxygens (including phenoxy) is 2. The molecule has 0 aliphatic carbocycles. The maximum Gasteiger partial charge on any atom is 0.338 e. The molecule has 10 heteroatoms. The summed E-state index contributed by atoms with van der Waals surface area (Å²) in [6.07, 6.45) is 1.04. The zero-order valence-corrected chi connectivity index (χ0v) is 19.5. The van der Waals surface area contributed by atoms with Gasteiger partial charge in [-0.2, -0.15) is 0 Å². The average Bonchev–Trinajstić information content (AvgIpc) is 2.78. The van der Waals surface area contributed by atoms with Gasteiger partial charge < -0.3 is 20.1 Å². The number of benzene rings is 2. The number of amides is 2. The van der Waals surface area contributed by atoms with E-state index < -0.39 is 24.5 Å². The highest BCUT2D eigenvalue weighted by Gasteiger charge is 2.12. The molecule has 33 heavy (non-hydrogen) atoms. The van der Waals surface area contributed by atoms with Crippen LogP contribution in [-0.4, -0.2) is 37.0 Å². The van der Waals surface area contributed by atoms with Crippen LogP contribution in [0.1, 0.15) is 43.0 Å². The van der Waals surface area contributed by atoms with Crippen molar-refractivity contribution in [1.82, 2.24) is 0 Å². The molecule has 0 aliphatic rings. The van der Waals surface area contributed by atoms with E-state index in [0.29, 0.717) is 28.6 Å². The number of rotatable bonds is 11. The van der Waals surface area contributed by atoms with Gasteiger partial charge in [-0.25, -0.2) is 4.79 Å². The molecule has 0 saturated heterocycles. The second-order valence-electron chi connectivity index (χ2n) is 6.95. The van der Waals surface area contributed by atoms with E-state index >= 15 is 0 Å². The number of carbonyl (C=O) groups excluding carboxylic acids is 4. The average molecular weight is 495 g/mol. The van der Waals surface area contributed by atoms with Gasteiger partial charge in [0.05, 0.1) is 22.9 Å². The molecule has 0 unspecified atom stereocenters. The molecule has 2 rings (SSSR count). The van der Waals surface area contributed by atoms with E-state index in [1.807, 2.05) is 6.92 Å². The Morgan fingerprint density at radius 3 is 2.27 bits per heavy atom. The second-order valence-corrected chi connectivity index (χ2v) is 7.79. The van der Waals surface area contributed by atoms with Crippen LogP contribution >= 0.6 is 23.2 Å². The van der Waals surface area contributed by atoms with Crippen LogP contribution in [0.5, 0.6) is 0 Å². The van der Waals surface area contributed by atoms with Crippen LogP contribution < -0.4 is 10.6 Å². The summed E-state index contributed by atoms with van der Waals surface area (Å²) in [6, 6.07) is 10.9. The van der Waals surface area contributed by atoms with E-state index in [1.54, 1.807) is 30.3 Å². The minimum atomic E-state index is -0.602. The molecular weight excluding hydrogens is 471 g/mol. The van der Waals surface area contributed by atoms with Gasteiger partial charge in [-0.05, 0) is 55.3 Å². The molecule has 2 N–H and O–H groups in total. The van der Waals surface area contributed by atoms with Gasteiger partial charge in [-0.15, -0.1) is 0 Å². The van der Waals surface area contributed by atoms with E-state index in [2.05, 4.69) is 10.6 Å². The van der Waals surface area contributed by atoms with Crippen LogP contribution in [0.4, 0.5) is 11.4 Å². The molecular formula is C23H24Cl2N2O6. The maximum absolute atomic E-state index is 12.0. The minimum Gasteiger partial charge on any atom is -0.462 e. The summed E-state index contributed by atoms with van der Waals surface area (Å²) in [7, 11) is 0. The molecule has 0 heterocycles. The first kappa shape index (κ1) is 26.2. The first-order valence-corrected chi connectivity index (χ1v) is 11.0. The Kier molecular flexibility index (Phi) is 10.7. The van der Waals surface area contributed by atoms with Crippen LogP contribution in [0.3, 0.4) is 0 Å². The fraction of sp³-hybridized carbons (Fsp3) is 0.304. The van der Waals surface area contributed by atoms with Crippen molar-refractivity contribution in [1.29, 1.82) is 0 Å². The van der Waals surface area contributed by atoms with Gasteiger partial charge in [0, 0.05) is 23.6 Å². The predicted molar refractivity (Wildman–Crippen MR) is 126 cm³/mol. The third-order valence-corrected chi connectivity index (χ3v) is 4.74. The summed E-state index contributed by atoms with van der Waals surface area (Å²) in [6.45, 7) is 1.78. The first-order valence-electron chi connectivity index (χ1n) is 10.3. The second kappa shape index (κ2) is 13.4. The summed E-state index contributed by atoms with van der Waals surface area (Å²) in [5, 5.41) is 5.89. The summed E-state index contributed by atoms with van der Waals surface area (Å²) in [4.78, 5) is 47.5. The van der Waals surface area contributed by atoms with Crippen molar-refractivity contribution >= 4 is 58.3 Å². The molecule has 2 amide bonds. The van der Waals surface area contributed by atoms with Crippen molar-refractivity contribution in [3.05, 3.63) is 58.1 Å². The van der Waals surface area contributed by atoms with E-state index in [9.17, 15) is 19.2 Å². The zero-order valence-electron chi connectivity index (χ0n) is 18.0. The van der Waals surface area contributed by atoms with Crippen LogP contribution in [0, 0.1) is 0 Å². The standard InChI is InChI=1S/C23H24Cl2N2O6/c1-2-12-32-23(31)15-6-9-17(10-7-15)26-20(28)4-3-5-22(30)33-14-21(29)27-19-11-8-16(24)13-18(19)25/h6-11,13H,2-5,12,14H2,1H3,(H,26,28)(H,27,29). The minimum absolute atomic E-state index is 0.0232. The molecule has 0 aliphatic heterocycles. The molecule has 0 aromatic heterocycles. The number of nitrogens with one attached hydrogen (secondary N) is 2. The van der Waals surface area contributed by atoms with Crippen molar-refractivity contribution in [2.75, 3.05) is 23.8 Å². The Morgan fingerprint density at radius 2 is 1.61 bits per heavy atom. The largest absolute Gasteiger partial charge is 0.462 e. The number of anilines is 2. The Balaban J connectivity index is 1.65. The molecule has 2 aromatic carbocycles. The highest BCUT2D eigenvalue weighted by atomic mass is 35.5. The third kappa shape index (κ3) is 9.51. The summed E-state index contributed by atoms with van der Waals surface area (Å²) < 4.78 is 9.95. The quantitative estimate of drug-likeness (QED) is 0.431. The van der Waals surface area contributed by atoms with E-state index in [4.69, 9.17) is 32.7 Å². The molecule has 0 spiro atoms. The Bertz CT molecular complexity index is 995. The lowest BCUT2D eigenvalue weighted by molar-refractivity contribution is -0.147. The van der Waals surface area contributed by atoms with Crippen molar-refractivity contribution in [3.63, 3.8) is 0 Å². The van der Waals surface area contributed by atoms with Gasteiger partial charge in [0.15, 0.2) is 6.61 Å². The number of hydrogen-bond acceptors (Lipinski definition) is 6. The van der Waals surface area contributed by atoms with E-state index in [0.717, 1.165) is 6.42 Å². The maximum atomic E-state index is 12.0. The summed E-state index contributed by atoms with van der Waals surface area (Å²) in [5.74, 6) is -1.86. The fourth-order valence-electron chi connectivity index (χ4n) is 2.58. The molecule has 2 aromatic rings. The van der Waals surface area contributed by atoms with Crippen LogP contribution in [-0.2, 0) is 23.9 Å². The molecule has 176 valence electrons. The van der Waals surface area contributed by atoms with Gasteiger partial charge in [0.25, 0.3) is 5.91 Å². The van der Waals surface area contributed by atoms with Gasteiger partial charge in [0.2, 0.25) is 5.91 Å². The molecule has 0 saturated carbocycles. The van der Waals surface area contributed by atoms with Crippen LogP contribution in [0.2, 0.25) is 10.0 Å². The van der Waals surface area contributed by atoms with Gasteiger partial charge in [-0.1, -0.05) is 30.1 Å². The molecule has 8 nitrogen and oxygen atoms in total. The Morgan fingerprint density at radius 1 is 0.879 bits per heavy atom. The van der Waals surface area contributed by atoms with Crippen LogP contribution in [0.15, 0.2) is 42.5 Å². The number of hydrogen-bond donors (Lipinski definition) is 2. The SMILES string of the molecule is CCCOC(=O)c1ccc(NC(=O)CCCC(=O)OCC(=O)Nc2ccc(Cl)cc2Cl)cc1. The number of carbonyl (C=O) groups is 4. The highest BCUT2D eigenvalue weighted by Crippen LogP contribution is 2.25. The van der Waals surface area contributed by atoms with Gasteiger partial charge in [-0.3, -0.25) is 14.4 Å². The third-order valence-electron chi connectivity index (χ3n) is 4.20. The molecule has 0 atom stereocenters. The number of esters is 2. The topological polar surface area (TPSA) is 111 Å². The smallest absolute Gasteiger partial charge is 0.338 e.